The van der Waals surface area contributed by atoms with Crippen molar-refractivity contribution in [3.63, 3.8) is 0 Å². The molecule has 0 saturated heterocycles. The summed E-state index contributed by atoms with van der Waals surface area (Å²) in [7, 11) is -2.59. The Hall–Kier alpha value is -1.36. The Morgan fingerprint density at radius 2 is 2.07 bits per heavy atom. The van der Waals surface area contributed by atoms with Crippen LogP contribution in [0.25, 0.3) is 10.9 Å². The predicted octanol–water partition coefficient (Wildman–Crippen LogP) is 1.98. The molecule has 0 unspecified atom stereocenters. The van der Waals surface area contributed by atoms with Gasteiger partial charge in [-0.05, 0) is 23.1 Å². The Kier molecular flexibility index (Phi) is 2.26. The van der Waals surface area contributed by atoms with Crippen LogP contribution in [0.3, 0.4) is 0 Å². The molecule has 2 aromatic rings. The maximum absolute atomic E-state index is 12.5. The Labute approximate surface area is 87.3 Å². The summed E-state index contributed by atoms with van der Waals surface area (Å²) in [6.45, 7) is 0. The van der Waals surface area contributed by atoms with Crippen LogP contribution in [0.1, 0.15) is 5.56 Å². The number of fused-ring (bicyclic) bond motifs is 1. The van der Waals surface area contributed by atoms with Gasteiger partial charge in [0.05, 0.1) is 0 Å². The van der Waals surface area contributed by atoms with Crippen LogP contribution in [0.5, 0.6) is 0 Å². The minimum atomic E-state index is -4.45. The van der Waals surface area contributed by atoms with Crippen molar-refractivity contribution in [3.05, 3.63) is 36.0 Å². The van der Waals surface area contributed by atoms with Gasteiger partial charge in [0.1, 0.15) is 5.75 Å². The van der Waals surface area contributed by atoms with Crippen LogP contribution in [0.2, 0.25) is 0 Å². The lowest BCUT2D eigenvalue weighted by atomic mass is 10.2. The Morgan fingerprint density at radius 3 is 2.73 bits per heavy atom. The monoisotopic (exact) mass is 227 g/mol. The predicted molar refractivity (Wildman–Crippen MR) is 56.7 cm³/mol. The summed E-state index contributed by atoms with van der Waals surface area (Å²) in [4.78, 5) is 0. The summed E-state index contributed by atoms with van der Waals surface area (Å²) in [6, 6.07) is 7.02. The van der Waals surface area contributed by atoms with E-state index in [-0.39, 0.29) is 0 Å². The van der Waals surface area contributed by atoms with Crippen LogP contribution in [0.4, 0.5) is 3.89 Å². The summed E-state index contributed by atoms with van der Waals surface area (Å²) in [5.74, 6) is -0.561. The minimum Gasteiger partial charge on any atom is -0.351 e. The molecule has 0 spiro atoms. The van der Waals surface area contributed by atoms with Crippen LogP contribution in [-0.4, -0.2) is 13.0 Å². The fourth-order valence-corrected chi connectivity index (χ4v) is 2.17. The SMILES string of the molecule is Cn1ccc2ccc(CS(=O)(=O)F)cc21. The largest absolute Gasteiger partial charge is 0.351 e. The van der Waals surface area contributed by atoms with E-state index < -0.39 is 16.0 Å². The second kappa shape index (κ2) is 3.34. The second-order valence-electron chi connectivity index (χ2n) is 3.50. The highest BCUT2D eigenvalue weighted by Crippen LogP contribution is 2.18. The normalized spacial score (nSPS) is 12.1. The standard InChI is InChI=1S/C10H10FNO2S/c1-12-5-4-9-3-2-8(6-10(9)12)7-15(11,13)14/h2-6H,7H2,1H3. The molecule has 15 heavy (non-hydrogen) atoms. The molecule has 0 atom stereocenters. The van der Waals surface area contributed by atoms with E-state index in [1.54, 1.807) is 18.2 Å². The molecule has 0 amide bonds. The molecular formula is C10H10FNO2S. The first kappa shape index (κ1) is 10.2. The molecule has 1 aromatic heterocycles. The van der Waals surface area contributed by atoms with E-state index in [1.165, 1.54) is 0 Å². The van der Waals surface area contributed by atoms with Crippen LogP contribution in [0, 0.1) is 0 Å². The van der Waals surface area contributed by atoms with Gasteiger partial charge in [0.25, 0.3) is 0 Å². The summed E-state index contributed by atoms with van der Waals surface area (Å²) in [5, 5.41) is 1.01. The highest BCUT2D eigenvalue weighted by Gasteiger charge is 2.09. The van der Waals surface area contributed by atoms with Crippen molar-refractivity contribution < 1.29 is 12.3 Å². The maximum Gasteiger partial charge on any atom is 0.306 e. The van der Waals surface area contributed by atoms with E-state index in [9.17, 15) is 12.3 Å². The van der Waals surface area contributed by atoms with Crippen molar-refractivity contribution in [2.75, 3.05) is 0 Å². The number of aromatic nitrogens is 1. The topological polar surface area (TPSA) is 39.1 Å². The highest BCUT2D eigenvalue weighted by molar-refractivity contribution is 7.85. The summed E-state index contributed by atoms with van der Waals surface area (Å²) >= 11 is 0. The fourth-order valence-electron chi connectivity index (χ4n) is 1.60. The fraction of sp³-hybridized carbons (Fsp3) is 0.200. The van der Waals surface area contributed by atoms with Crippen molar-refractivity contribution in [2.45, 2.75) is 5.75 Å². The molecule has 0 aliphatic rings. The van der Waals surface area contributed by atoms with Crippen LogP contribution < -0.4 is 0 Å². The number of aryl methyl sites for hydroxylation is 1. The molecule has 1 heterocycles. The van der Waals surface area contributed by atoms with E-state index in [2.05, 4.69) is 0 Å². The zero-order valence-corrected chi connectivity index (χ0v) is 8.96. The number of hydrogen-bond acceptors (Lipinski definition) is 2. The van der Waals surface area contributed by atoms with Gasteiger partial charge < -0.3 is 4.57 Å². The average molecular weight is 227 g/mol. The van der Waals surface area contributed by atoms with Crippen LogP contribution in [0.15, 0.2) is 30.5 Å². The van der Waals surface area contributed by atoms with Gasteiger partial charge in [0, 0.05) is 18.8 Å². The van der Waals surface area contributed by atoms with Gasteiger partial charge in [-0.1, -0.05) is 12.1 Å². The van der Waals surface area contributed by atoms with Gasteiger partial charge in [0.15, 0.2) is 0 Å². The Bertz CT molecular complexity index is 601. The number of hydrogen-bond donors (Lipinski definition) is 0. The van der Waals surface area contributed by atoms with Crippen molar-refractivity contribution in [1.82, 2.24) is 4.57 Å². The first-order chi connectivity index (χ1) is 6.96. The number of rotatable bonds is 2. The third-order valence-electron chi connectivity index (χ3n) is 2.29. The molecule has 1 aromatic carbocycles. The zero-order valence-electron chi connectivity index (χ0n) is 8.14. The number of benzene rings is 1. The summed E-state index contributed by atoms with van der Waals surface area (Å²) < 4.78 is 35.3. The van der Waals surface area contributed by atoms with E-state index >= 15 is 0 Å². The van der Waals surface area contributed by atoms with Gasteiger partial charge in [-0.3, -0.25) is 0 Å². The molecule has 0 aliphatic heterocycles. The molecule has 0 fully saturated rings. The lowest BCUT2D eigenvalue weighted by Crippen LogP contribution is -1.96. The van der Waals surface area contributed by atoms with Gasteiger partial charge in [-0.2, -0.15) is 8.42 Å². The third kappa shape index (κ3) is 2.18. The van der Waals surface area contributed by atoms with Crippen molar-refractivity contribution in [2.24, 2.45) is 7.05 Å². The van der Waals surface area contributed by atoms with E-state index in [1.807, 2.05) is 23.9 Å². The Morgan fingerprint density at radius 1 is 1.33 bits per heavy atom. The average Bonchev–Trinajstić information content (AvgIpc) is 2.45. The van der Waals surface area contributed by atoms with Crippen molar-refractivity contribution in [1.29, 1.82) is 0 Å². The molecule has 0 bridgehead atoms. The number of halogens is 1. The molecule has 0 aliphatic carbocycles. The maximum atomic E-state index is 12.5. The van der Waals surface area contributed by atoms with Crippen LogP contribution >= 0.6 is 0 Å². The summed E-state index contributed by atoms with van der Waals surface area (Å²) in [6.07, 6.45) is 1.87. The molecule has 5 heteroatoms. The van der Waals surface area contributed by atoms with Gasteiger partial charge >= 0.3 is 10.2 Å². The second-order valence-corrected chi connectivity index (χ2v) is 4.87. The first-order valence-corrected chi connectivity index (χ1v) is 5.97. The van der Waals surface area contributed by atoms with Gasteiger partial charge in [-0.25, -0.2) is 0 Å². The zero-order chi connectivity index (χ0) is 11.1. The molecule has 0 radical (unpaired) electrons. The smallest absolute Gasteiger partial charge is 0.306 e. The van der Waals surface area contributed by atoms with E-state index in [0.717, 1.165) is 10.9 Å². The lowest BCUT2D eigenvalue weighted by Gasteiger charge is -2.00. The summed E-state index contributed by atoms with van der Waals surface area (Å²) in [5.41, 5.74) is 1.36. The molecule has 0 N–H and O–H groups in total. The van der Waals surface area contributed by atoms with E-state index in [4.69, 9.17) is 0 Å². The third-order valence-corrected chi connectivity index (χ3v) is 2.97. The van der Waals surface area contributed by atoms with E-state index in [0.29, 0.717) is 5.56 Å². The molecule has 3 nitrogen and oxygen atoms in total. The quantitative estimate of drug-likeness (QED) is 0.736. The number of nitrogens with zero attached hydrogens (tertiary/aromatic N) is 1. The highest BCUT2D eigenvalue weighted by atomic mass is 32.3. The molecular weight excluding hydrogens is 217 g/mol. The van der Waals surface area contributed by atoms with Gasteiger partial charge in [-0.15, -0.1) is 3.89 Å². The Balaban J connectivity index is 2.51. The minimum absolute atomic E-state index is 0.465. The molecule has 80 valence electrons. The lowest BCUT2D eigenvalue weighted by molar-refractivity contribution is 0.551. The molecule has 0 saturated carbocycles. The molecule has 2 rings (SSSR count). The van der Waals surface area contributed by atoms with Crippen LogP contribution in [-0.2, 0) is 23.0 Å². The first-order valence-electron chi connectivity index (χ1n) is 4.42. The van der Waals surface area contributed by atoms with Gasteiger partial charge in [0.2, 0.25) is 0 Å². The van der Waals surface area contributed by atoms with Crippen molar-refractivity contribution >= 4 is 21.1 Å². The van der Waals surface area contributed by atoms with Crippen molar-refractivity contribution in [3.8, 4) is 0 Å².